The molecule has 23 heavy (non-hydrogen) atoms. The standard InChI is InChI=1S/C17H17ClFNO3/c1-22-15-7-6-12(18)9-14(15)17(21)20-10-16(23-2)11-4-3-5-13(19)8-11/h3-9,16H,10H2,1-2H3,(H,20,21). The van der Waals surface area contributed by atoms with Gasteiger partial charge in [0.05, 0.1) is 18.8 Å². The van der Waals surface area contributed by atoms with E-state index >= 15 is 0 Å². The van der Waals surface area contributed by atoms with E-state index in [1.54, 1.807) is 24.3 Å². The Morgan fingerprint density at radius 2 is 2.04 bits per heavy atom. The average Bonchev–Trinajstić information content (AvgIpc) is 2.55. The van der Waals surface area contributed by atoms with Crippen molar-refractivity contribution in [3.8, 4) is 5.75 Å². The zero-order valence-electron chi connectivity index (χ0n) is 12.8. The average molecular weight is 338 g/mol. The van der Waals surface area contributed by atoms with Crippen molar-refractivity contribution in [3.63, 3.8) is 0 Å². The number of hydrogen-bond donors (Lipinski definition) is 1. The largest absolute Gasteiger partial charge is 0.496 e. The molecule has 0 aliphatic carbocycles. The lowest BCUT2D eigenvalue weighted by molar-refractivity contribution is 0.0825. The molecule has 1 unspecified atom stereocenters. The Hall–Kier alpha value is -2.11. The summed E-state index contributed by atoms with van der Waals surface area (Å²) < 4.78 is 23.8. The van der Waals surface area contributed by atoms with Crippen LogP contribution in [0.4, 0.5) is 4.39 Å². The van der Waals surface area contributed by atoms with E-state index in [1.165, 1.54) is 32.4 Å². The van der Waals surface area contributed by atoms with Crippen LogP contribution in [0.25, 0.3) is 0 Å². The van der Waals surface area contributed by atoms with Gasteiger partial charge in [-0.1, -0.05) is 23.7 Å². The molecule has 0 radical (unpaired) electrons. The molecule has 0 heterocycles. The first-order chi connectivity index (χ1) is 11.0. The van der Waals surface area contributed by atoms with Crippen LogP contribution in [0, 0.1) is 5.82 Å². The zero-order chi connectivity index (χ0) is 16.8. The van der Waals surface area contributed by atoms with Gasteiger partial charge in [0.2, 0.25) is 0 Å². The molecule has 1 atom stereocenters. The first-order valence-corrected chi connectivity index (χ1v) is 7.33. The van der Waals surface area contributed by atoms with Crippen molar-refractivity contribution < 1.29 is 18.7 Å². The van der Waals surface area contributed by atoms with Gasteiger partial charge in [0.1, 0.15) is 11.6 Å². The van der Waals surface area contributed by atoms with Crippen LogP contribution in [0.2, 0.25) is 5.02 Å². The van der Waals surface area contributed by atoms with E-state index in [-0.39, 0.29) is 18.3 Å². The van der Waals surface area contributed by atoms with Crippen molar-refractivity contribution in [3.05, 3.63) is 64.4 Å². The fourth-order valence-electron chi connectivity index (χ4n) is 2.18. The number of carbonyl (C=O) groups excluding carboxylic acids is 1. The molecule has 0 aromatic heterocycles. The van der Waals surface area contributed by atoms with Gasteiger partial charge in [-0.3, -0.25) is 4.79 Å². The predicted molar refractivity (Wildman–Crippen MR) is 86.5 cm³/mol. The van der Waals surface area contributed by atoms with Gasteiger partial charge in [-0.25, -0.2) is 4.39 Å². The van der Waals surface area contributed by atoms with E-state index in [0.29, 0.717) is 21.9 Å². The summed E-state index contributed by atoms with van der Waals surface area (Å²) in [5.41, 5.74) is 0.972. The van der Waals surface area contributed by atoms with Crippen LogP contribution in [-0.2, 0) is 4.74 Å². The van der Waals surface area contributed by atoms with Gasteiger partial charge in [0, 0.05) is 18.7 Å². The van der Waals surface area contributed by atoms with E-state index in [1.807, 2.05) is 0 Å². The Kier molecular flexibility index (Phi) is 5.96. The molecule has 0 spiro atoms. The summed E-state index contributed by atoms with van der Waals surface area (Å²) in [4.78, 5) is 12.3. The molecule has 0 saturated carbocycles. The number of amides is 1. The van der Waals surface area contributed by atoms with Crippen LogP contribution in [0.15, 0.2) is 42.5 Å². The highest BCUT2D eigenvalue weighted by atomic mass is 35.5. The Bertz CT molecular complexity index is 693. The highest BCUT2D eigenvalue weighted by Gasteiger charge is 2.16. The topological polar surface area (TPSA) is 47.6 Å². The molecule has 4 nitrogen and oxygen atoms in total. The lowest BCUT2D eigenvalue weighted by Gasteiger charge is -2.17. The minimum Gasteiger partial charge on any atom is -0.496 e. The van der Waals surface area contributed by atoms with E-state index in [9.17, 15) is 9.18 Å². The fraction of sp³-hybridized carbons (Fsp3) is 0.235. The molecule has 0 aliphatic heterocycles. The van der Waals surface area contributed by atoms with Crippen molar-refractivity contribution in [1.82, 2.24) is 5.32 Å². The van der Waals surface area contributed by atoms with E-state index in [0.717, 1.165) is 0 Å². The molecule has 0 aliphatic rings. The molecule has 0 fully saturated rings. The second-order valence-electron chi connectivity index (χ2n) is 4.83. The Morgan fingerprint density at radius 3 is 2.70 bits per heavy atom. The first-order valence-electron chi connectivity index (χ1n) is 6.95. The summed E-state index contributed by atoms with van der Waals surface area (Å²) >= 11 is 5.92. The van der Waals surface area contributed by atoms with E-state index < -0.39 is 6.10 Å². The van der Waals surface area contributed by atoms with Crippen LogP contribution in [0.1, 0.15) is 22.0 Å². The maximum absolute atomic E-state index is 13.3. The summed E-state index contributed by atoms with van der Waals surface area (Å²) in [5.74, 6) is -0.276. The number of hydrogen-bond acceptors (Lipinski definition) is 3. The minimum atomic E-state index is -0.458. The lowest BCUT2D eigenvalue weighted by atomic mass is 10.1. The molecule has 1 N–H and O–H groups in total. The number of halogens is 2. The maximum Gasteiger partial charge on any atom is 0.255 e. The number of carbonyl (C=O) groups is 1. The van der Waals surface area contributed by atoms with E-state index in [2.05, 4.69) is 5.32 Å². The number of ether oxygens (including phenoxy) is 2. The first kappa shape index (κ1) is 17.2. The van der Waals surface area contributed by atoms with Crippen molar-refractivity contribution in [1.29, 1.82) is 0 Å². The normalized spacial score (nSPS) is 11.8. The van der Waals surface area contributed by atoms with Gasteiger partial charge < -0.3 is 14.8 Å². The van der Waals surface area contributed by atoms with Crippen LogP contribution in [-0.4, -0.2) is 26.7 Å². The zero-order valence-corrected chi connectivity index (χ0v) is 13.6. The van der Waals surface area contributed by atoms with Crippen molar-refractivity contribution >= 4 is 17.5 Å². The SMILES string of the molecule is COc1ccc(Cl)cc1C(=O)NCC(OC)c1cccc(F)c1. The molecule has 0 saturated heterocycles. The van der Waals surface area contributed by atoms with Crippen LogP contribution < -0.4 is 10.1 Å². The summed E-state index contributed by atoms with van der Waals surface area (Å²) in [7, 11) is 2.98. The van der Waals surface area contributed by atoms with Crippen LogP contribution in [0.3, 0.4) is 0 Å². The highest BCUT2D eigenvalue weighted by Crippen LogP contribution is 2.23. The molecule has 2 rings (SSSR count). The fourth-order valence-corrected chi connectivity index (χ4v) is 2.35. The number of methoxy groups -OCH3 is 2. The Labute approximate surface area is 139 Å². The number of nitrogens with one attached hydrogen (secondary N) is 1. The molecular formula is C17H17ClFNO3. The van der Waals surface area contributed by atoms with Gasteiger partial charge >= 0.3 is 0 Å². The summed E-state index contributed by atoms with van der Waals surface area (Å²) in [6.07, 6.45) is -0.458. The quantitative estimate of drug-likeness (QED) is 0.876. The molecule has 2 aromatic rings. The lowest BCUT2D eigenvalue weighted by Crippen LogP contribution is -2.29. The van der Waals surface area contributed by atoms with Crippen molar-refractivity contribution in [2.24, 2.45) is 0 Å². The maximum atomic E-state index is 13.3. The van der Waals surface area contributed by atoms with Gasteiger partial charge in [-0.05, 0) is 35.9 Å². The van der Waals surface area contributed by atoms with Gasteiger partial charge in [0.15, 0.2) is 0 Å². The molecule has 2 aromatic carbocycles. The molecule has 122 valence electrons. The van der Waals surface area contributed by atoms with Gasteiger partial charge in [-0.15, -0.1) is 0 Å². The minimum absolute atomic E-state index is 0.189. The summed E-state index contributed by atoms with van der Waals surface area (Å²) in [5, 5.41) is 3.18. The van der Waals surface area contributed by atoms with E-state index in [4.69, 9.17) is 21.1 Å². The highest BCUT2D eigenvalue weighted by molar-refractivity contribution is 6.31. The second kappa shape index (κ2) is 7.94. The van der Waals surface area contributed by atoms with Crippen LogP contribution in [0.5, 0.6) is 5.75 Å². The predicted octanol–water partition coefficient (Wildman–Crippen LogP) is 3.61. The Balaban J connectivity index is 2.10. The smallest absolute Gasteiger partial charge is 0.255 e. The molecular weight excluding hydrogens is 321 g/mol. The third kappa shape index (κ3) is 4.43. The molecule has 6 heteroatoms. The Morgan fingerprint density at radius 1 is 1.26 bits per heavy atom. The molecule has 1 amide bonds. The second-order valence-corrected chi connectivity index (χ2v) is 5.27. The third-order valence-corrected chi connectivity index (χ3v) is 3.59. The van der Waals surface area contributed by atoms with Crippen molar-refractivity contribution in [2.75, 3.05) is 20.8 Å². The number of benzene rings is 2. The summed E-state index contributed by atoms with van der Waals surface area (Å²) in [6.45, 7) is 0.189. The number of rotatable bonds is 6. The van der Waals surface area contributed by atoms with Crippen LogP contribution >= 0.6 is 11.6 Å². The van der Waals surface area contributed by atoms with Gasteiger partial charge in [0.25, 0.3) is 5.91 Å². The third-order valence-electron chi connectivity index (χ3n) is 3.36. The van der Waals surface area contributed by atoms with Gasteiger partial charge in [-0.2, -0.15) is 0 Å². The van der Waals surface area contributed by atoms with Crippen molar-refractivity contribution in [2.45, 2.75) is 6.10 Å². The monoisotopic (exact) mass is 337 g/mol. The summed E-state index contributed by atoms with van der Waals surface area (Å²) in [6, 6.07) is 10.9. The molecule has 0 bridgehead atoms.